The molecular formula is C22H32N2O3S. The maximum atomic E-state index is 12.5. The van der Waals surface area contributed by atoms with Gasteiger partial charge in [0, 0.05) is 43.9 Å². The minimum Gasteiger partial charge on any atom is -0.302 e. The van der Waals surface area contributed by atoms with Crippen molar-refractivity contribution in [3.63, 3.8) is 0 Å². The second-order valence-electron chi connectivity index (χ2n) is 9.08. The highest BCUT2D eigenvalue weighted by atomic mass is 32.2. The Morgan fingerprint density at radius 3 is 2.64 bits per heavy atom. The second kappa shape index (κ2) is 8.34. The molecule has 6 heteroatoms. The van der Waals surface area contributed by atoms with Gasteiger partial charge < -0.3 is 4.90 Å². The van der Waals surface area contributed by atoms with E-state index in [4.69, 9.17) is 4.55 Å². The van der Waals surface area contributed by atoms with Crippen LogP contribution in [0, 0.1) is 17.8 Å². The van der Waals surface area contributed by atoms with Gasteiger partial charge in [0.15, 0.2) is 0 Å². The van der Waals surface area contributed by atoms with Crippen LogP contribution in [0.25, 0.3) is 0 Å². The van der Waals surface area contributed by atoms with Gasteiger partial charge in [-0.3, -0.25) is 9.35 Å². The first-order valence-electron chi connectivity index (χ1n) is 10.7. The Hall–Kier alpha value is -1.08. The zero-order chi connectivity index (χ0) is 19.7. The van der Waals surface area contributed by atoms with Crippen LogP contribution in [0.15, 0.2) is 24.3 Å². The van der Waals surface area contributed by atoms with Crippen molar-refractivity contribution < 1.29 is 13.6 Å². The molecule has 3 unspecified atom stereocenters. The van der Waals surface area contributed by atoms with Gasteiger partial charge in [-0.05, 0) is 35.8 Å². The van der Waals surface area contributed by atoms with Crippen molar-refractivity contribution in [3.05, 3.63) is 35.4 Å². The standard InChI is InChI=1S/C22H32N2O3S/c1-22(18-9-5-6-16(12-18)13-23-28(26)27)19-14-24(15-20(19)22)11-10-21(25)17-7-3-2-4-8-17/h5-6,9,12,17,19-20,23H,2-4,7-8,10-11,13-15H2,1H3,(H,26,27). The first-order chi connectivity index (χ1) is 13.5. The van der Waals surface area contributed by atoms with Crippen LogP contribution in [-0.2, 0) is 28.0 Å². The molecule has 154 valence electrons. The largest absolute Gasteiger partial charge is 0.302 e. The summed E-state index contributed by atoms with van der Waals surface area (Å²) in [6.45, 7) is 5.84. The number of Topliss-reactive ketones (excluding diaryl/α,β-unsaturated/α-hetero) is 1. The van der Waals surface area contributed by atoms with Crippen molar-refractivity contribution in [2.75, 3.05) is 19.6 Å². The molecule has 1 saturated heterocycles. The van der Waals surface area contributed by atoms with Gasteiger partial charge in [-0.2, -0.15) is 0 Å². The van der Waals surface area contributed by atoms with Crippen molar-refractivity contribution in [1.29, 1.82) is 0 Å². The molecule has 3 aliphatic rings. The van der Waals surface area contributed by atoms with Gasteiger partial charge in [0.2, 0.25) is 11.3 Å². The van der Waals surface area contributed by atoms with E-state index in [1.807, 2.05) is 12.1 Å². The third-order valence-electron chi connectivity index (χ3n) is 7.51. The molecule has 0 aromatic heterocycles. The predicted octanol–water partition coefficient (Wildman–Crippen LogP) is 3.27. The maximum Gasteiger partial charge on any atom is 0.232 e. The van der Waals surface area contributed by atoms with Gasteiger partial charge in [-0.15, -0.1) is 0 Å². The van der Waals surface area contributed by atoms with Crippen LogP contribution >= 0.6 is 0 Å². The van der Waals surface area contributed by atoms with Gasteiger partial charge in [0.25, 0.3) is 0 Å². The number of nitrogens with zero attached hydrogens (tertiary/aromatic N) is 1. The van der Waals surface area contributed by atoms with Gasteiger partial charge in [-0.1, -0.05) is 50.5 Å². The number of nitrogens with one attached hydrogen (secondary N) is 1. The maximum absolute atomic E-state index is 12.5. The lowest BCUT2D eigenvalue weighted by atomic mass is 9.85. The summed E-state index contributed by atoms with van der Waals surface area (Å²) in [6, 6.07) is 8.41. The van der Waals surface area contributed by atoms with Gasteiger partial charge in [-0.25, -0.2) is 8.93 Å². The summed E-state index contributed by atoms with van der Waals surface area (Å²) < 4.78 is 22.3. The van der Waals surface area contributed by atoms with Crippen LogP contribution in [0.2, 0.25) is 0 Å². The normalized spacial score (nSPS) is 31.5. The molecule has 0 spiro atoms. The van der Waals surface area contributed by atoms with Crippen LogP contribution < -0.4 is 4.72 Å². The van der Waals surface area contributed by atoms with Crippen molar-refractivity contribution in [3.8, 4) is 0 Å². The summed E-state index contributed by atoms with van der Waals surface area (Å²) in [5, 5.41) is 0. The Morgan fingerprint density at radius 2 is 1.96 bits per heavy atom. The lowest BCUT2D eigenvalue weighted by Gasteiger charge is -2.26. The summed E-state index contributed by atoms with van der Waals surface area (Å²) in [6.07, 6.45) is 6.69. The molecule has 1 aromatic carbocycles. The molecule has 3 fully saturated rings. The van der Waals surface area contributed by atoms with E-state index in [0.29, 0.717) is 30.1 Å². The average Bonchev–Trinajstić information content (AvgIpc) is 3.05. The minimum absolute atomic E-state index is 0.207. The van der Waals surface area contributed by atoms with E-state index in [1.54, 1.807) is 0 Å². The highest BCUT2D eigenvalue weighted by molar-refractivity contribution is 7.77. The third kappa shape index (κ3) is 4.11. The fourth-order valence-corrected chi connectivity index (χ4v) is 5.92. The number of hydrogen-bond donors (Lipinski definition) is 2. The van der Waals surface area contributed by atoms with Crippen LogP contribution in [0.1, 0.15) is 56.6 Å². The Kier molecular flexibility index (Phi) is 6.02. The van der Waals surface area contributed by atoms with E-state index in [9.17, 15) is 9.00 Å². The number of fused-ring (bicyclic) bond motifs is 1. The molecule has 1 heterocycles. The molecule has 3 atom stereocenters. The molecule has 5 nitrogen and oxygen atoms in total. The summed E-state index contributed by atoms with van der Waals surface area (Å²) in [5.41, 5.74) is 2.59. The number of piperidine rings is 1. The van der Waals surface area contributed by atoms with E-state index >= 15 is 0 Å². The SMILES string of the molecule is CC1(c2cccc(CNS(=O)O)c2)C2CN(CCC(=O)C3CCCCC3)CC21. The van der Waals surface area contributed by atoms with Crippen molar-refractivity contribution in [2.24, 2.45) is 17.8 Å². The zero-order valence-electron chi connectivity index (χ0n) is 16.7. The average molecular weight is 405 g/mol. The minimum atomic E-state index is -1.98. The molecule has 1 aliphatic heterocycles. The van der Waals surface area contributed by atoms with Crippen molar-refractivity contribution in [1.82, 2.24) is 9.62 Å². The topological polar surface area (TPSA) is 69.6 Å². The highest BCUT2D eigenvalue weighted by Gasteiger charge is 2.65. The predicted molar refractivity (Wildman–Crippen MR) is 111 cm³/mol. The molecule has 0 bridgehead atoms. The number of ketones is 1. The molecule has 2 N–H and O–H groups in total. The lowest BCUT2D eigenvalue weighted by molar-refractivity contribution is -0.124. The lowest BCUT2D eigenvalue weighted by Crippen LogP contribution is -2.32. The summed E-state index contributed by atoms with van der Waals surface area (Å²) >= 11 is -1.98. The number of hydrogen-bond acceptors (Lipinski definition) is 3. The molecule has 4 rings (SSSR count). The number of carbonyl (C=O) groups excluding carboxylic acids is 1. The van der Waals surface area contributed by atoms with Crippen LogP contribution in [0.5, 0.6) is 0 Å². The van der Waals surface area contributed by atoms with Crippen LogP contribution in [0.4, 0.5) is 0 Å². The third-order valence-corrected chi connectivity index (χ3v) is 7.90. The number of rotatable bonds is 8. The van der Waals surface area contributed by atoms with Crippen LogP contribution in [0.3, 0.4) is 0 Å². The van der Waals surface area contributed by atoms with Gasteiger partial charge in [0.05, 0.1) is 0 Å². The Morgan fingerprint density at radius 1 is 1.25 bits per heavy atom. The first-order valence-corrected chi connectivity index (χ1v) is 11.8. The summed E-state index contributed by atoms with van der Waals surface area (Å²) in [7, 11) is 0. The smallest absolute Gasteiger partial charge is 0.232 e. The molecule has 2 saturated carbocycles. The number of carbonyl (C=O) groups is 1. The van der Waals surface area contributed by atoms with E-state index in [1.165, 1.54) is 24.8 Å². The molecular weight excluding hydrogens is 372 g/mol. The van der Waals surface area contributed by atoms with Crippen molar-refractivity contribution >= 4 is 17.0 Å². The van der Waals surface area contributed by atoms with Crippen LogP contribution in [-0.4, -0.2) is 39.1 Å². The zero-order valence-corrected chi connectivity index (χ0v) is 17.5. The van der Waals surface area contributed by atoms with E-state index in [2.05, 4.69) is 28.7 Å². The summed E-state index contributed by atoms with van der Waals surface area (Å²) in [5.74, 6) is 2.14. The Labute approximate surface area is 170 Å². The fraction of sp³-hybridized carbons (Fsp3) is 0.682. The van der Waals surface area contributed by atoms with E-state index < -0.39 is 11.3 Å². The first kappa shape index (κ1) is 20.2. The molecule has 1 aromatic rings. The fourth-order valence-electron chi connectivity index (χ4n) is 5.63. The number of likely N-dealkylation sites (tertiary alicyclic amines) is 1. The van der Waals surface area contributed by atoms with Gasteiger partial charge >= 0.3 is 0 Å². The highest BCUT2D eigenvalue weighted by Crippen LogP contribution is 2.63. The quantitative estimate of drug-likeness (QED) is 0.653. The van der Waals surface area contributed by atoms with E-state index in [0.717, 1.165) is 44.5 Å². The number of benzene rings is 1. The van der Waals surface area contributed by atoms with Crippen molar-refractivity contribution in [2.45, 2.75) is 57.4 Å². The van der Waals surface area contributed by atoms with E-state index in [-0.39, 0.29) is 5.41 Å². The molecule has 28 heavy (non-hydrogen) atoms. The second-order valence-corrected chi connectivity index (χ2v) is 9.86. The monoisotopic (exact) mass is 404 g/mol. The molecule has 0 amide bonds. The Balaban J connectivity index is 1.28. The molecule has 0 radical (unpaired) electrons. The Bertz CT molecular complexity index is 735. The molecule has 2 aliphatic carbocycles. The van der Waals surface area contributed by atoms with Gasteiger partial charge in [0.1, 0.15) is 5.78 Å². The summed E-state index contributed by atoms with van der Waals surface area (Å²) in [4.78, 5) is 15.0.